The van der Waals surface area contributed by atoms with Crippen LogP contribution in [-0.2, 0) is 34.4 Å². The average Bonchev–Trinajstić information content (AvgIpc) is 3.31. The monoisotopic (exact) mass is 427 g/mol. The molecular weight excluding hydrogens is 401 g/mol. The zero-order valence-corrected chi connectivity index (χ0v) is 17.8. The van der Waals surface area contributed by atoms with Gasteiger partial charge in [0.15, 0.2) is 11.5 Å². The van der Waals surface area contributed by atoms with Crippen LogP contribution >= 0.6 is 7.60 Å². The smallest absolute Gasteiger partial charge is 0.358 e. The van der Waals surface area contributed by atoms with E-state index in [4.69, 9.17) is 24.3 Å². The number of rotatable bonds is 9. The van der Waals surface area contributed by atoms with Gasteiger partial charge >= 0.3 is 13.6 Å². The van der Waals surface area contributed by atoms with Crippen molar-refractivity contribution >= 4 is 30.5 Å². The van der Waals surface area contributed by atoms with Crippen LogP contribution in [0.5, 0.6) is 0 Å². The molecule has 2 N–H and O–H groups in total. The van der Waals surface area contributed by atoms with Crippen molar-refractivity contribution in [1.29, 1.82) is 0 Å². The van der Waals surface area contributed by atoms with Crippen LogP contribution < -0.4 is 5.73 Å². The Morgan fingerprint density at radius 1 is 1.31 bits per heavy atom. The maximum absolute atomic E-state index is 12.7. The molecule has 1 aliphatic carbocycles. The van der Waals surface area contributed by atoms with Crippen molar-refractivity contribution < 1.29 is 27.9 Å². The van der Waals surface area contributed by atoms with E-state index < -0.39 is 31.4 Å². The molecule has 1 unspecified atom stereocenters. The first-order chi connectivity index (χ1) is 13.6. The molecule has 2 aromatic rings. The fourth-order valence-electron chi connectivity index (χ4n) is 2.55. The number of carbonyl (C=O) groups is 1. The Morgan fingerprint density at radius 2 is 2.03 bits per heavy atom. The van der Waals surface area contributed by atoms with Crippen LogP contribution in [0.3, 0.4) is 0 Å². The molecule has 29 heavy (non-hydrogen) atoms. The first kappa shape index (κ1) is 21.6. The van der Waals surface area contributed by atoms with E-state index in [2.05, 4.69) is 15.0 Å². The standard InChI is InChI=1S/C17H26N5O6P/c1-16(2,3)15(23)26-10-28-29(24,25-4)11-27-17(5-6-17)7-22-9-21-12-13(18)19-8-20-14(12)22/h8-9H,5-7,10-11H2,1-4H3,(H2,18,19,20). The Kier molecular flexibility index (Phi) is 5.96. The van der Waals surface area contributed by atoms with Gasteiger partial charge in [-0.3, -0.25) is 13.9 Å². The number of nitrogens with two attached hydrogens (primary N) is 1. The first-order valence-electron chi connectivity index (χ1n) is 9.09. The molecule has 0 radical (unpaired) electrons. The lowest BCUT2D eigenvalue weighted by molar-refractivity contribution is -0.160. The van der Waals surface area contributed by atoms with Gasteiger partial charge in [-0.05, 0) is 33.6 Å². The lowest BCUT2D eigenvalue weighted by atomic mass is 9.98. The molecule has 0 saturated heterocycles. The second-order valence-electron chi connectivity index (χ2n) is 7.98. The van der Waals surface area contributed by atoms with Gasteiger partial charge in [0, 0.05) is 7.11 Å². The van der Waals surface area contributed by atoms with Crippen molar-refractivity contribution in [2.45, 2.75) is 45.8 Å². The van der Waals surface area contributed by atoms with Gasteiger partial charge in [0.25, 0.3) is 0 Å². The Balaban J connectivity index is 1.58. The van der Waals surface area contributed by atoms with Crippen molar-refractivity contribution in [1.82, 2.24) is 19.5 Å². The number of imidazole rings is 1. The molecule has 0 bridgehead atoms. The molecule has 160 valence electrons. The molecule has 12 heteroatoms. The third-order valence-electron chi connectivity index (χ3n) is 4.55. The number of nitrogen functional groups attached to an aromatic ring is 1. The lowest BCUT2D eigenvalue weighted by Gasteiger charge is -2.22. The van der Waals surface area contributed by atoms with Crippen LogP contribution in [0.2, 0.25) is 0 Å². The maximum atomic E-state index is 12.7. The Morgan fingerprint density at radius 3 is 2.66 bits per heavy atom. The third kappa shape index (κ3) is 5.11. The summed E-state index contributed by atoms with van der Waals surface area (Å²) in [6.45, 7) is 5.12. The molecule has 1 fully saturated rings. The number of aromatic nitrogens is 4. The highest BCUT2D eigenvalue weighted by Crippen LogP contribution is 2.51. The van der Waals surface area contributed by atoms with Crippen molar-refractivity contribution in [3.05, 3.63) is 12.7 Å². The van der Waals surface area contributed by atoms with Gasteiger partial charge < -0.3 is 24.3 Å². The second-order valence-corrected chi connectivity index (χ2v) is 10.1. The van der Waals surface area contributed by atoms with E-state index in [1.807, 2.05) is 4.57 Å². The number of nitrogens with zero attached hydrogens (tertiary/aromatic N) is 4. The highest BCUT2D eigenvalue weighted by Gasteiger charge is 2.46. The molecule has 2 aromatic heterocycles. The van der Waals surface area contributed by atoms with E-state index >= 15 is 0 Å². The molecular formula is C17H26N5O6P. The fourth-order valence-corrected chi connectivity index (χ4v) is 3.48. The zero-order chi connectivity index (χ0) is 21.3. The summed E-state index contributed by atoms with van der Waals surface area (Å²) in [5.74, 6) is -0.158. The van der Waals surface area contributed by atoms with E-state index in [1.165, 1.54) is 13.4 Å². The van der Waals surface area contributed by atoms with Crippen molar-refractivity contribution in [3.63, 3.8) is 0 Å². The molecule has 0 aliphatic heterocycles. The van der Waals surface area contributed by atoms with E-state index in [0.29, 0.717) is 23.5 Å². The Hall–Kier alpha value is -2.07. The number of fused-ring (bicyclic) bond motifs is 1. The first-order valence-corrected chi connectivity index (χ1v) is 10.8. The summed E-state index contributed by atoms with van der Waals surface area (Å²) < 4.78 is 35.6. The number of hydrogen-bond acceptors (Lipinski definition) is 10. The van der Waals surface area contributed by atoms with Crippen LogP contribution in [0, 0.1) is 5.41 Å². The van der Waals surface area contributed by atoms with Gasteiger partial charge in [-0.25, -0.2) is 15.0 Å². The van der Waals surface area contributed by atoms with Gasteiger partial charge in [0.05, 0.1) is 23.9 Å². The lowest BCUT2D eigenvalue weighted by Crippen LogP contribution is -2.25. The van der Waals surface area contributed by atoms with E-state index in [1.54, 1.807) is 27.1 Å². The number of carbonyl (C=O) groups excluding carboxylic acids is 1. The molecule has 1 aliphatic rings. The minimum absolute atomic E-state index is 0.264. The highest BCUT2D eigenvalue weighted by atomic mass is 31.2. The molecule has 2 heterocycles. The summed E-state index contributed by atoms with van der Waals surface area (Å²) >= 11 is 0. The Labute approximate surface area is 168 Å². The van der Waals surface area contributed by atoms with Gasteiger partial charge in [-0.1, -0.05) is 0 Å². The number of anilines is 1. The van der Waals surface area contributed by atoms with Crippen LogP contribution in [0.4, 0.5) is 5.82 Å². The number of ether oxygens (including phenoxy) is 2. The molecule has 11 nitrogen and oxygen atoms in total. The van der Waals surface area contributed by atoms with Crippen LogP contribution in [0.25, 0.3) is 11.2 Å². The zero-order valence-electron chi connectivity index (χ0n) is 17.0. The SMILES string of the molecule is COP(=O)(COC1(Cn2cnc3c(N)ncnc32)CC1)OCOC(=O)C(C)(C)C. The summed E-state index contributed by atoms with van der Waals surface area (Å²) in [5.41, 5.74) is 5.73. The molecule has 3 rings (SSSR count). The molecule has 0 amide bonds. The number of esters is 1. The minimum Gasteiger partial charge on any atom is -0.438 e. The summed E-state index contributed by atoms with van der Waals surface area (Å²) in [6, 6.07) is 0. The van der Waals surface area contributed by atoms with Crippen molar-refractivity contribution in [3.8, 4) is 0 Å². The molecule has 1 saturated carbocycles. The summed E-state index contributed by atoms with van der Waals surface area (Å²) in [7, 11) is -2.32. The van der Waals surface area contributed by atoms with E-state index in [-0.39, 0.29) is 6.35 Å². The predicted molar refractivity (Wildman–Crippen MR) is 104 cm³/mol. The van der Waals surface area contributed by atoms with Gasteiger partial charge in [-0.2, -0.15) is 0 Å². The van der Waals surface area contributed by atoms with Gasteiger partial charge in [0.1, 0.15) is 18.2 Å². The minimum atomic E-state index is -3.58. The Bertz CT molecular complexity index is 936. The predicted octanol–water partition coefficient (Wildman–Crippen LogP) is 2.32. The highest BCUT2D eigenvalue weighted by molar-refractivity contribution is 7.53. The van der Waals surface area contributed by atoms with Crippen LogP contribution in [-0.4, -0.2) is 51.3 Å². The van der Waals surface area contributed by atoms with E-state index in [0.717, 1.165) is 12.8 Å². The van der Waals surface area contributed by atoms with Crippen molar-refractivity contribution in [2.24, 2.45) is 5.41 Å². The summed E-state index contributed by atoms with van der Waals surface area (Å²) in [5, 5.41) is 0. The molecule has 1 atom stereocenters. The average molecular weight is 427 g/mol. The largest absolute Gasteiger partial charge is 0.438 e. The molecule has 0 aromatic carbocycles. The maximum Gasteiger partial charge on any atom is 0.358 e. The quantitative estimate of drug-likeness (QED) is 0.360. The topological polar surface area (TPSA) is 141 Å². The van der Waals surface area contributed by atoms with E-state index in [9.17, 15) is 9.36 Å². The van der Waals surface area contributed by atoms with Gasteiger partial charge in [-0.15, -0.1) is 0 Å². The van der Waals surface area contributed by atoms with Crippen LogP contribution in [0.15, 0.2) is 12.7 Å². The fraction of sp³-hybridized carbons (Fsp3) is 0.647. The summed E-state index contributed by atoms with van der Waals surface area (Å²) in [6.07, 6.45) is 4.28. The normalized spacial score (nSPS) is 17.8. The third-order valence-corrected chi connectivity index (χ3v) is 6.05. The molecule has 0 spiro atoms. The summed E-state index contributed by atoms with van der Waals surface area (Å²) in [4.78, 5) is 24.2. The van der Waals surface area contributed by atoms with Crippen molar-refractivity contribution in [2.75, 3.05) is 26.0 Å². The van der Waals surface area contributed by atoms with Crippen LogP contribution in [0.1, 0.15) is 33.6 Å². The van der Waals surface area contributed by atoms with Gasteiger partial charge in [0.2, 0.25) is 6.79 Å². The second kappa shape index (κ2) is 7.98. The number of hydrogen-bond donors (Lipinski definition) is 1.